The number of carbonyl (C=O) groups excluding carboxylic acids is 3. The molecule has 9 heteroatoms. The number of esters is 2. The van der Waals surface area contributed by atoms with Crippen LogP contribution in [0.4, 0.5) is 5.69 Å². The Morgan fingerprint density at radius 2 is 1.67 bits per heavy atom. The first-order valence-corrected chi connectivity index (χ1v) is 10.1. The molecule has 0 radical (unpaired) electrons. The molecule has 0 spiro atoms. The van der Waals surface area contributed by atoms with E-state index >= 15 is 0 Å². The van der Waals surface area contributed by atoms with Crippen molar-refractivity contribution in [1.29, 1.82) is 0 Å². The van der Waals surface area contributed by atoms with E-state index in [9.17, 15) is 14.4 Å². The first-order chi connectivity index (χ1) is 14.5. The molecule has 0 bridgehead atoms. The molecule has 1 heterocycles. The number of anilines is 1. The van der Waals surface area contributed by atoms with Crippen molar-refractivity contribution in [3.05, 3.63) is 53.6 Å². The molecule has 1 aromatic heterocycles. The fraction of sp³-hybridized carbons (Fsp3) is 0.238. The highest BCUT2D eigenvalue weighted by molar-refractivity contribution is 7.99. The summed E-state index contributed by atoms with van der Waals surface area (Å²) in [6.07, 6.45) is 0. The molecule has 0 aliphatic carbocycles. The number of methoxy groups -OCH3 is 2. The van der Waals surface area contributed by atoms with Crippen LogP contribution in [0.1, 0.15) is 27.6 Å². The maximum absolute atomic E-state index is 12.5. The summed E-state index contributed by atoms with van der Waals surface area (Å²) >= 11 is 1.31. The number of fused-ring (bicyclic) bond motifs is 1. The predicted octanol–water partition coefficient (Wildman–Crippen LogP) is 3.36. The molecule has 0 saturated heterocycles. The standard InChI is InChI=1S/C21H21N3O5S/c1-4-24-17-8-6-5-7-16(17)23-21(24)30-12-18(25)22-15-10-13(19(26)28-2)9-14(11-15)20(27)29-3/h5-11H,4,12H2,1-3H3,(H,22,25). The quantitative estimate of drug-likeness (QED) is 0.456. The van der Waals surface area contributed by atoms with E-state index in [-0.39, 0.29) is 22.8 Å². The smallest absolute Gasteiger partial charge is 0.337 e. The molecule has 3 rings (SSSR count). The van der Waals surface area contributed by atoms with Crippen molar-refractivity contribution in [2.24, 2.45) is 0 Å². The topological polar surface area (TPSA) is 99.5 Å². The third-order valence-corrected chi connectivity index (χ3v) is 5.30. The number of nitrogens with zero attached hydrogens (tertiary/aromatic N) is 2. The van der Waals surface area contributed by atoms with E-state index in [1.165, 1.54) is 44.2 Å². The molecule has 2 aromatic carbocycles. The molecular formula is C21H21N3O5S. The van der Waals surface area contributed by atoms with Crippen molar-refractivity contribution in [3.8, 4) is 0 Å². The number of para-hydroxylation sites is 2. The van der Waals surface area contributed by atoms with Gasteiger partial charge in [0.25, 0.3) is 0 Å². The lowest BCUT2D eigenvalue weighted by molar-refractivity contribution is -0.113. The highest BCUT2D eigenvalue weighted by atomic mass is 32.2. The summed E-state index contributed by atoms with van der Waals surface area (Å²) in [5.74, 6) is -1.43. The van der Waals surface area contributed by atoms with E-state index < -0.39 is 11.9 Å². The fourth-order valence-electron chi connectivity index (χ4n) is 2.97. The molecule has 1 N–H and O–H groups in total. The van der Waals surface area contributed by atoms with Gasteiger partial charge in [-0.1, -0.05) is 23.9 Å². The zero-order chi connectivity index (χ0) is 21.7. The molecule has 8 nitrogen and oxygen atoms in total. The van der Waals surface area contributed by atoms with Crippen molar-refractivity contribution in [2.45, 2.75) is 18.6 Å². The molecule has 156 valence electrons. The normalized spacial score (nSPS) is 10.6. The lowest BCUT2D eigenvalue weighted by Crippen LogP contribution is -2.16. The van der Waals surface area contributed by atoms with Gasteiger partial charge in [-0.25, -0.2) is 14.6 Å². The number of carbonyl (C=O) groups is 3. The number of hydrogen-bond acceptors (Lipinski definition) is 7. The minimum Gasteiger partial charge on any atom is -0.465 e. The number of imidazole rings is 1. The van der Waals surface area contributed by atoms with Crippen LogP contribution in [0.2, 0.25) is 0 Å². The van der Waals surface area contributed by atoms with Crippen LogP contribution in [-0.4, -0.2) is 47.4 Å². The molecule has 0 aliphatic heterocycles. The summed E-state index contributed by atoms with van der Waals surface area (Å²) < 4.78 is 11.5. The molecule has 0 saturated carbocycles. The zero-order valence-corrected chi connectivity index (χ0v) is 17.6. The van der Waals surface area contributed by atoms with E-state index in [2.05, 4.69) is 10.3 Å². The number of benzene rings is 2. The van der Waals surface area contributed by atoms with Crippen molar-refractivity contribution in [2.75, 3.05) is 25.3 Å². The van der Waals surface area contributed by atoms with Gasteiger partial charge in [-0.3, -0.25) is 4.79 Å². The van der Waals surface area contributed by atoms with Gasteiger partial charge in [0, 0.05) is 12.2 Å². The molecule has 0 fully saturated rings. The Hall–Kier alpha value is -3.33. The summed E-state index contributed by atoms with van der Waals surface area (Å²) in [6, 6.07) is 12.0. The summed E-state index contributed by atoms with van der Waals surface area (Å²) in [4.78, 5) is 40.8. The van der Waals surface area contributed by atoms with Crippen LogP contribution in [0, 0.1) is 0 Å². The molecule has 1 amide bonds. The van der Waals surface area contributed by atoms with E-state index in [1.54, 1.807) is 0 Å². The molecule has 0 aliphatic rings. The number of aromatic nitrogens is 2. The predicted molar refractivity (Wildman–Crippen MR) is 114 cm³/mol. The van der Waals surface area contributed by atoms with Crippen LogP contribution in [0.15, 0.2) is 47.6 Å². The Morgan fingerprint density at radius 1 is 1.03 bits per heavy atom. The van der Waals surface area contributed by atoms with Gasteiger partial charge in [0.2, 0.25) is 5.91 Å². The van der Waals surface area contributed by atoms with Gasteiger partial charge in [-0.2, -0.15) is 0 Å². The minimum absolute atomic E-state index is 0.110. The number of nitrogens with one attached hydrogen (secondary N) is 1. The Bertz CT molecular complexity index is 1070. The highest BCUT2D eigenvalue weighted by Crippen LogP contribution is 2.24. The number of amides is 1. The average molecular weight is 427 g/mol. The number of thioether (sulfide) groups is 1. The van der Waals surface area contributed by atoms with Gasteiger partial charge in [0.15, 0.2) is 5.16 Å². The Labute approximate surface area is 177 Å². The van der Waals surface area contributed by atoms with Gasteiger partial charge in [-0.05, 0) is 37.3 Å². The number of rotatable bonds is 7. The van der Waals surface area contributed by atoms with E-state index in [4.69, 9.17) is 9.47 Å². The van der Waals surface area contributed by atoms with E-state index in [0.29, 0.717) is 5.69 Å². The molecule has 0 atom stereocenters. The summed E-state index contributed by atoms with van der Waals surface area (Å²) in [6.45, 7) is 2.75. The fourth-order valence-corrected chi connectivity index (χ4v) is 3.85. The van der Waals surface area contributed by atoms with Crippen LogP contribution < -0.4 is 5.32 Å². The van der Waals surface area contributed by atoms with Gasteiger partial charge < -0.3 is 19.4 Å². The maximum atomic E-state index is 12.5. The average Bonchev–Trinajstić information content (AvgIpc) is 3.13. The molecular weight excluding hydrogens is 406 g/mol. The van der Waals surface area contributed by atoms with Gasteiger partial charge in [-0.15, -0.1) is 0 Å². The number of aryl methyl sites for hydroxylation is 1. The third kappa shape index (κ3) is 4.62. The highest BCUT2D eigenvalue weighted by Gasteiger charge is 2.16. The largest absolute Gasteiger partial charge is 0.465 e. The molecule has 0 unspecified atom stereocenters. The Balaban J connectivity index is 1.76. The monoisotopic (exact) mass is 427 g/mol. The van der Waals surface area contributed by atoms with Crippen LogP contribution in [-0.2, 0) is 20.8 Å². The van der Waals surface area contributed by atoms with Crippen LogP contribution >= 0.6 is 11.8 Å². The Morgan fingerprint density at radius 3 is 2.27 bits per heavy atom. The van der Waals surface area contributed by atoms with Gasteiger partial charge in [0.1, 0.15) is 0 Å². The van der Waals surface area contributed by atoms with Crippen LogP contribution in [0.5, 0.6) is 0 Å². The van der Waals surface area contributed by atoms with Crippen molar-refractivity contribution in [3.63, 3.8) is 0 Å². The van der Waals surface area contributed by atoms with Gasteiger partial charge in [0.05, 0.1) is 42.1 Å². The summed E-state index contributed by atoms with van der Waals surface area (Å²) in [7, 11) is 2.48. The van der Waals surface area contributed by atoms with Gasteiger partial charge >= 0.3 is 11.9 Å². The lowest BCUT2D eigenvalue weighted by atomic mass is 10.1. The molecule has 3 aromatic rings. The third-order valence-electron chi connectivity index (χ3n) is 4.33. The second-order valence-corrected chi connectivity index (χ2v) is 7.19. The van der Waals surface area contributed by atoms with E-state index in [0.717, 1.165) is 22.7 Å². The van der Waals surface area contributed by atoms with Crippen LogP contribution in [0.3, 0.4) is 0 Å². The van der Waals surface area contributed by atoms with Crippen molar-refractivity contribution in [1.82, 2.24) is 9.55 Å². The number of ether oxygens (including phenoxy) is 2. The summed E-state index contributed by atoms with van der Waals surface area (Å²) in [5.41, 5.74) is 2.45. The first-order valence-electron chi connectivity index (χ1n) is 9.16. The summed E-state index contributed by atoms with van der Waals surface area (Å²) in [5, 5.41) is 3.45. The minimum atomic E-state index is -0.623. The Kier molecular flexibility index (Phi) is 6.73. The van der Waals surface area contributed by atoms with E-state index in [1.807, 2.05) is 35.8 Å². The second-order valence-electron chi connectivity index (χ2n) is 6.25. The molecule has 30 heavy (non-hydrogen) atoms. The first kappa shape index (κ1) is 21.4. The van der Waals surface area contributed by atoms with Crippen molar-refractivity contribution >= 4 is 46.3 Å². The lowest BCUT2D eigenvalue weighted by Gasteiger charge is -2.10. The SMILES string of the molecule is CCn1c(SCC(=O)Nc2cc(C(=O)OC)cc(C(=O)OC)c2)nc2ccccc21. The second kappa shape index (κ2) is 9.45. The zero-order valence-electron chi connectivity index (χ0n) is 16.8. The number of hydrogen-bond donors (Lipinski definition) is 1. The maximum Gasteiger partial charge on any atom is 0.337 e. The van der Waals surface area contributed by atoms with Crippen LogP contribution in [0.25, 0.3) is 11.0 Å². The van der Waals surface area contributed by atoms with Crippen molar-refractivity contribution < 1.29 is 23.9 Å².